The number of phenolic OH excluding ortho intramolecular Hbond substituents is 1. The number of hydrogen-bond donors (Lipinski definition) is 2. The second-order valence-electron chi connectivity index (χ2n) is 4.94. The molecule has 1 aliphatic rings. The predicted molar refractivity (Wildman–Crippen MR) is 68.3 cm³/mol. The first-order chi connectivity index (χ1) is 8.63. The predicted octanol–water partition coefficient (Wildman–Crippen LogP) is 1.86. The number of aromatic nitrogens is 3. The molecule has 2 aromatic rings. The van der Waals surface area contributed by atoms with Gasteiger partial charge in [0.15, 0.2) is 0 Å². The minimum absolute atomic E-state index is 0.309. The van der Waals surface area contributed by atoms with Gasteiger partial charge in [0, 0.05) is 18.4 Å². The SMILES string of the molecule is CC1CC(c2cccc(O)c2)Cn2nc(N)nc21. The lowest BCUT2D eigenvalue weighted by Gasteiger charge is -2.27. The van der Waals surface area contributed by atoms with Gasteiger partial charge in [-0.1, -0.05) is 19.1 Å². The maximum absolute atomic E-state index is 9.55. The summed E-state index contributed by atoms with van der Waals surface area (Å²) in [5.74, 6) is 2.29. The molecule has 3 N–H and O–H groups in total. The number of hydrogen-bond acceptors (Lipinski definition) is 4. The Kier molecular flexibility index (Phi) is 2.47. The molecule has 0 saturated carbocycles. The van der Waals surface area contributed by atoms with Gasteiger partial charge >= 0.3 is 0 Å². The second kappa shape index (κ2) is 4.01. The summed E-state index contributed by atoms with van der Waals surface area (Å²) in [6.07, 6.45) is 1.00. The topological polar surface area (TPSA) is 77.0 Å². The van der Waals surface area contributed by atoms with E-state index in [4.69, 9.17) is 5.73 Å². The molecule has 0 fully saturated rings. The van der Waals surface area contributed by atoms with E-state index in [-0.39, 0.29) is 0 Å². The fourth-order valence-electron chi connectivity index (χ4n) is 2.71. The Morgan fingerprint density at radius 3 is 3.06 bits per heavy atom. The smallest absolute Gasteiger partial charge is 0.239 e. The van der Waals surface area contributed by atoms with E-state index < -0.39 is 0 Å². The second-order valence-corrected chi connectivity index (χ2v) is 4.94. The van der Waals surface area contributed by atoms with Crippen molar-refractivity contribution in [1.82, 2.24) is 14.8 Å². The van der Waals surface area contributed by atoms with Crippen molar-refractivity contribution in [1.29, 1.82) is 0 Å². The fourth-order valence-corrected chi connectivity index (χ4v) is 2.71. The van der Waals surface area contributed by atoms with E-state index in [1.165, 1.54) is 0 Å². The van der Waals surface area contributed by atoms with E-state index in [9.17, 15) is 5.11 Å². The quantitative estimate of drug-likeness (QED) is 0.802. The molecule has 0 bridgehead atoms. The van der Waals surface area contributed by atoms with Crippen LogP contribution in [-0.4, -0.2) is 19.9 Å². The van der Waals surface area contributed by atoms with Gasteiger partial charge in [-0.2, -0.15) is 4.98 Å². The zero-order valence-corrected chi connectivity index (χ0v) is 10.2. The van der Waals surface area contributed by atoms with E-state index in [1.807, 2.05) is 22.9 Å². The number of aromatic hydroxyl groups is 1. The molecule has 1 aliphatic heterocycles. The van der Waals surface area contributed by atoms with Gasteiger partial charge < -0.3 is 10.8 Å². The van der Waals surface area contributed by atoms with Crippen molar-refractivity contribution in [2.45, 2.75) is 31.7 Å². The van der Waals surface area contributed by atoms with Crippen molar-refractivity contribution in [3.8, 4) is 5.75 Å². The third-order valence-corrected chi connectivity index (χ3v) is 3.53. The Bertz CT molecular complexity index is 578. The third kappa shape index (κ3) is 1.81. The summed E-state index contributed by atoms with van der Waals surface area (Å²) < 4.78 is 1.89. The molecule has 3 rings (SSSR count). The van der Waals surface area contributed by atoms with E-state index in [0.717, 1.165) is 24.4 Å². The van der Waals surface area contributed by atoms with Crippen molar-refractivity contribution in [3.63, 3.8) is 0 Å². The van der Waals surface area contributed by atoms with Gasteiger partial charge in [-0.25, -0.2) is 4.68 Å². The standard InChI is InChI=1S/C13H16N4O/c1-8-5-10(9-3-2-4-11(18)6-9)7-17-12(8)15-13(14)16-17/h2-4,6,8,10,18H,5,7H2,1H3,(H2,14,16). The van der Waals surface area contributed by atoms with E-state index >= 15 is 0 Å². The number of benzene rings is 1. The van der Waals surface area contributed by atoms with Crippen molar-refractivity contribution < 1.29 is 5.11 Å². The van der Waals surface area contributed by atoms with Gasteiger partial charge in [0.25, 0.3) is 0 Å². The highest BCUT2D eigenvalue weighted by molar-refractivity contribution is 5.31. The van der Waals surface area contributed by atoms with Gasteiger partial charge in [0.2, 0.25) is 5.95 Å². The molecule has 2 unspecified atom stereocenters. The van der Waals surface area contributed by atoms with Crippen molar-refractivity contribution in [2.75, 3.05) is 5.73 Å². The molecule has 2 atom stereocenters. The molecule has 5 heteroatoms. The highest BCUT2D eigenvalue weighted by Gasteiger charge is 2.28. The lowest BCUT2D eigenvalue weighted by atomic mass is 9.86. The molecule has 2 heterocycles. The Morgan fingerprint density at radius 1 is 1.44 bits per heavy atom. The molecule has 0 amide bonds. The summed E-state index contributed by atoms with van der Waals surface area (Å²) in [5, 5.41) is 13.8. The number of anilines is 1. The number of phenols is 1. The Hall–Kier alpha value is -2.04. The van der Waals surface area contributed by atoms with Crippen LogP contribution in [0, 0.1) is 0 Å². The first kappa shape index (κ1) is 11.1. The molecule has 5 nitrogen and oxygen atoms in total. The minimum atomic E-state index is 0.309. The Labute approximate surface area is 105 Å². The van der Waals surface area contributed by atoms with Crippen LogP contribution in [0.1, 0.15) is 36.6 Å². The average molecular weight is 244 g/mol. The molecular weight excluding hydrogens is 228 g/mol. The summed E-state index contributed by atoms with van der Waals surface area (Å²) in [4.78, 5) is 4.26. The van der Waals surface area contributed by atoms with Gasteiger partial charge in [-0.05, 0) is 24.1 Å². The van der Waals surface area contributed by atoms with Crippen LogP contribution in [0.3, 0.4) is 0 Å². The molecule has 18 heavy (non-hydrogen) atoms. The Morgan fingerprint density at radius 2 is 2.28 bits per heavy atom. The Balaban J connectivity index is 1.94. The first-order valence-electron chi connectivity index (χ1n) is 6.12. The lowest BCUT2D eigenvalue weighted by molar-refractivity contribution is 0.381. The van der Waals surface area contributed by atoms with Crippen LogP contribution in [0.15, 0.2) is 24.3 Å². The molecule has 1 aromatic heterocycles. The summed E-state index contributed by atoms with van der Waals surface area (Å²) in [5.41, 5.74) is 6.79. The number of nitrogen functional groups attached to an aromatic ring is 1. The van der Waals surface area contributed by atoms with Crippen molar-refractivity contribution in [2.24, 2.45) is 0 Å². The van der Waals surface area contributed by atoms with Crippen LogP contribution in [-0.2, 0) is 6.54 Å². The van der Waals surface area contributed by atoms with Crippen LogP contribution in [0.4, 0.5) is 5.95 Å². The molecular formula is C13H16N4O. The monoisotopic (exact) mass is 244 g/mol. The largest absolute Gasteiger partial charge is 0.508 e. The van der Waals surface area contributed by atoms with Gasteiger partial charge in [0.05, 0.1) is 0 Å². The third-order valence-electron chi connectivity index (χ3n) is 3.53. The highest BCUT2D eigenvalue weighted by Crippen LogP contribution is 2.36. The van der Waals surface area contributed by atoms with Crippen LogP contribution in [0.25, 0.3) is 0 Å². The maximum atomic E-state index is 9.55. The zero-order valence-electron chi connectivity index (χ0n) is 10.2. The fraction of sp³-hybridized carbons (Fsp3) is 0.385. The van der Waals surface area contributed by atoms with Crippen molar-refractivity contribution in [3.05, 3.63) is 35.7 Å². The van der Waals surface area contributed by atoms with Crippen LogP contribution < -0.4 is 5.73 Å². The molecule has 1 aromatic carbocycles. The molecule has 0 spiro atoms. The lowest BCUT2D eigenvalue weighted by Crippen LogP contribution is -2.22. The number of rotatable bonds is 1. The molecule has 0 aliphatic carbocycles. The summed E-state index contributed by atoms with van der Waals surface area (Å²) in [7, 11) is 0. The van der Waals surface area contributed by atoms with Crippen LogP contribution in [0.5, 0.6) is 5.75 Å². The molecule has 0 radical (unpaired) electrons. The summed E-state index contributed by atoms with van der Waals surface area (Å²) in [6.45, 7) is 2.90. The minimum Gasteiger partial charge on any atom is -0.508 e. The highest BCUT2D eigenvalue weighted by atomic mass is 16.3. The molecule has 0 saturated heterocycles. The summed E-state index contributed by atoms with van der Waals surface area (Å²) >= 11 is 0. The molecule has 94 valence electrons. The van der Waals surface area contributed by atoms with E-state index in [0.29, 0.717) is 23.5 Å². The normalized spacial score (nSPS) is 22.7. The zero-order chi connectivity index (χ0) is 12.7. The first-order valence-corrected chi connectivity index (χ1v) is 6.12. The number of fused-ring (bicyclic) bond motifs is 1. The van der Waals surface area contributed by atoms with Crippen LogP contribution in [0.2, 0.25) is 0 Å². The number of nitrogens with zero attached hydrogens (tertiary/aromatic N) is 3. The van der Waals surface area contributed by atoms with E-state index in [1.54, 1.807) is 6.07 Å². The number of nitrogens with two attached hydrogens (primary N) is 1. The maximum Gasteiger partial charge on any atom is 0.239 e. The van der Waals surface area contributed by atoms with E-state index in [2.05, 4.69) is 17.0 Å². The van der Waals surface area contributed by atoms with Crippen molar-refractivity contribution >= 4 is 5.95 Å². The van der Waals surface area contributed by atoms with Gasteiger partial charge in [-0.3, -0.25) is 0 Å². The van der Waals surface area contributed by atoms with Gasteiger partial charge in [0.1, 0.15) is 11.6 Å². The van der Waals surface area contributed by atoms with Crippen LogP contribution >= 0.6 is 0 Å². The summed E-state index contributed by atoms with van der Waals surface area (Å²) in [6, 6.07) is 7.43. The van der Waals surface area contributed by atoms with Gasteiger partial charge in [-0.15, -0.1) is 5.10 Å². The average Bonchev–Trinajstić information content (AvgIpc) is 2.70.